The van der Waals surface area contributed by atoms with Crippen LogP contribution >= 0.6 is 0 Å². The zero-order valence-electron chi connectivity index (χ0n) is 20.4. The number of aryl methyl sites for hydroxylation is 1. The average Bonchev–Trinajstić information content (AvgIpc) is 3.45. The number of hydrogen-bond acceptors (Lipinski definition) is 7. The number of nitrogens with zero attached hydrogens (tertiary/aromatic N) is 3. The lowest BCUT2D eigenvalue weighted by molar-refractivity contribution is 0.104. The first-order valence-corrected chi connectivity index (χ1v) is 12.2. The van der Waals surface area contributed by atoms with E-state index < -0.39 is 6.10 Å². The third-order valence-corrected chi connectivity index (χ3v) is 6.13. The fourth-order valence-electron chi connectivity index (χ4n) is 4.45. The highest BCUT2D eigenvalue weighted by atomic mass is 16.5. The predicted molar refractivity (Wildman–Crippen MR) is 131 cm³/mol. The summed E-state index contributed by atoms with van der Waals surface area (Å²) in [6, 6.07) is 5.66. The molecule has 4 rings (SSSR count). The Bertz CT molecular complexity index is 1180. The summed E-state index contributed by atoms with van der Waals surface area (Å²) in [4.78, 5) is 20.7. The molecule has 1 aromatic carbocycles. The minimum atomic E-state index is -0.644. The van der Waals surface area contributed by atoms with Gasteiger partial charge in [0.05, 0.1) is 17.9 Å². The summed E-state index contributed by atoms with van der Waals surface area (Å²) in [6.45, 7) is 8.86. The van der Waals surface area contributed by atoms with Gasteiger partial charge in [-0.1, -0.05) is 26.7 Å². The molecule has 1 unspecified atom stereocenters. The van der Waals surface area contributed by atoms with Crippen LogP contribution in [0.2, 0.25) is 0 Å². The molecular weight excluding hydrogens is 434 g/mol. The molecule has 34 heavy (non-hydrogen) atoms. The summed E-state index contributed by atoms with van der Waals surface area (Å²) in [7, 11) is 0. The van der Waals surface area contributed by atoms with Gasteiger partial charge in [0.25, 0.3) is 5.56 Å². The zero-order chi connectivity index (χ0) is 24.2. The Morgan fingerprint density at radius 3 is 2.74 bits per heavy atom. The van der Waals surface area contributed by atoms with E-state index in [1.54, 1.807) is 22.7 Å². The Morgan fingerprint density at radius 2 is 2.03 bits per heavy atom. The maximum absolute atomic E-state index is 13.0. The van der Waals surface area contributed by atoms with E-state index in [1.807, 2.05) is 27.7 Å². The van der Waals surface area contributed by atoms with Crippen molar-refractivity contribution in [3.63, 3.8) is 0 Å². The minimum Gasteiger partial charge on any atom is -0.493 e. The molecule has 2 aromatic heterocycles. The molecule has 1 atom stereocenters. The van der Waals surface area contributed by atoms with Crippen LogP contribution in [-0.2, 0) is 0 Å². The summed E-state index contributed by atoms with van der Waals surface area (Å²) < 4.78 is 13.4. The number of aromatic amines is 1. The van der Waals surface area contributed by atoms with Crippen LogP contribution in [0.15, 0.2) is 23.0 Å². The van der Waals surface area contributed by atoms with Crippen LogP contribution in [0.1, 0.15) is 63.9 Å². The maximum Gasteiger partial charge on any atom is 0.277 e. The number of aliphatic hydroxyl groups is 1. The smallest absolute Gasteiger partial charge is 0.277 e. The van der Waals surface area contributed by atoms with Gasteiger partial charge in [-0.05, 0) is 44.9 Å². The van der Waals surface area contributed by atoms with E-state index in [2.05, 4.69) is 10.3 Å². The number of aromatic nitrogens is 4. The van der Waals surface area contributed by atoms with Crippen LogP contribution in [0.4, 0.5) is 0 Å². The molecule has 0 aliphatic heterocycles. The highest BCUT2D eigenvalue weighted by molar-refractivity contribution is 5.67. The summed E-state index contributed by atoms with van der Waals surface area (Å²) in [5.74, 6) is 2.71. The first kappa shape index (κ1) is 24.2. The predicted octanol–water partition coefficient (Wildman–Crippen LogP) is 3.19. The van der Waals surface area contributed by atoms with E-state index in [4.69, 9.17) is 19.6 Å². The van der Waals surface area contributed by atoms with Crippen molar-refractivity contribution in [2.45, 2.75) is 71.4 Å². The lowest BCUT2D eigenvalue weighted by atomic mass is 10.1. The quantitative estimate of drug-likeness (QED) is 0.418. The van der Waals surface area contributed by atoms with Crippen LogP contribution in [-0.4, -0.2) is 56.6 Å². The number of H-pyrrole nitrogens is 1. The first-order valence-electron chi connectivity index (χ1n) is 12.2. The zero-order valence-corrected chi connectivity index (χ0v) is 20.4. The molecule has 184 valence electrons. The monoisotopic (exact) mass is 469 g/mol. The number of imidazole rings is 1. The summed E-state index contributed by atoms with van der Waals surface area (Å²) in [6.07, 6.45) is 3.81. The first-order chi connectivity index (χ1) is 16.4. The van der Waals surface area contributed by atoms with Crippen LogP contribution < -0.4 is 20.3 Å². The molecule has 3 aromatic rings. The van der Waals surface area contributed by atoms with Crippen molar-refractivity contribution in [3.05, 3.63) is 40.1 Å². The van der Waals surface area contributed by atoms with Gasteiger partial charge >= 0.3 is 0 Å². The van der Waals surface area contributed by atoms with Crippen molar-refractivity contribution in [2.24, 2.45) is 0 Å². The topological polar surface area (TPSA) is 114 Å². The third kappa shape index (κ3) is 5.26. The molecule has 9 heteroatoms. The molecule has 0 bridgehead atoms. The molecule has 0 radical (unpaired) electrons. The van der Waals surface area contributed by atoms with Gasteiger partial charge in [-0.15, -0.1) is 5.10 Å². The Morgan fingerprint density at radius 1 is 1.26 bits per heavy atom. The molecule has 0 amide bonds. The minimum absolute atomic E-state index is 0.142. The molecule has 0 spiro atoms. The van der Waals surface area contributed by atoms with Crippen LogP contribution in [0.25, 0.3) is 16.9 Å². The van der Waals surface area contributed by atoms with Gasteiger partial charge in [0.2, 0.25) is 0 Å². The molecular formula is C25H35N5O4. The van der Waals surface area contributed by atoms with Gasteiger partial charge in [0.1, 0.15) is 30.0 Å². The van der Waals surface area contributed by atoms with Gasteiger partial charge in [-0.25, -0.2) is 9.50 Å². The molecule has 3 N–H and O–H groups in total. The number of ether oxygens (including phenoxy) is 2. The van der Waals surface area contributed by atoms with Gasteiger partial charge in [0, 0.05) is 18.5 Å². The molecule has 1 saturated carbocycles. The number of aliphatic hydroxyl groups excluding tert-OH is 1. The van der Waals surface area contributed by atoms with Crippen molar-refractivity contribution >= 4 is 5.52 Å². The fraction of sp³-hybridized carbons (Fsp3) is 0.560. The molecule has 1 aliphatic carbocycles. The normalized spacial score (nSPS) is 15.4. The number of rotatable bonds is 10. The van der Waals surface area contributed by atoms with E-state index in [0.717, 1.165) is 18.7 Å². The van der Waals surface area contributed by atoms with Gasteiger partial charge in [-0.2, -0.15) is 0 Å². The van der Waals surface area contributed by atoms with Crippen molar-refractivity contribution < 1.29 is 14.6 Å². The van der Waals surface area contributed by atoms with Crippen molar-refractivity contribution in [1.82, 2.24) is 24.9 Å². The molecule has 9 nitrogen and oxygen atoms in total. The van der Waals surface area contributed by atoms with Crippen LogP contribution in [0.5, 0.6) is 11.5 Å². The standard InChI is InChI=1S/C25H35N5O4/c1-5-33-21-11-10-19(34-14-18(31)13-26-15(2)3)12-20(21)23-28-25(32)22-16(4)27-24(30(22)29-23)17-8-6-7-9-17/h10-12,15,17-18,26,31H,5-9,13-14H2,1-4H3,(H,28,29,32). The number of fused-ring (bicyclic) bond motifs is 1. The Balaban J connectivity index is 1.69. The highest BCUT2D eigenvalue weighted by Crippen LogP contribution is 2.35. The van der Waals surface area contributed by atoms with E-state index in [1.165, 1.54) is 12.8 Å². The van der Waals surface area contributed by atoms with Crippen LogP contribution in [0.3, 0.4) is 0 Å². The summed E-state index contributed by atoms with van der Waals surface area (Å²) in [5, 5.41) is 18.2. The fourth-order valence-corrected chi connectivity index (χ4v) is 4.45. The number of nitrogens with one attached hydrogen (secondary N) is 2. The molecule has 1 aliphatic rings. The summed E-state index contributed by atoms with van der Waals surface area (Å²) >= 11 is 0. The highest BCUT2D eigenvalue weighted by Gasteiger charge is 2.25. The maximum atomic E-state index is 13.0. The Kier molecular flexibility index (Phi) is 7.53. The van der Waals surface area contributed by atoms with Crippen LogP contribution in [0, 0.1) is 6.92 Å². The van der Waals surface area contributed by atoms with Crippen molar-refractivity contribution in [1.29, 1.82) is 0 Å². The SMILES string of the molecule is CCOc1ccc(OCC(O)CNC(C)C)cc1-c1nn2c(C3CCCC3)nc(C)c2c(=O)[nH]1. The van der Waals surface area contributed by atoms with E-state index in [9.17, 15) is 9.90 Å². The third-order valence-electron chi connectivity index (χ3n) is 6.13. The summed E-state index contributed by atoms with van der Waals surface area (Å²) in [5.41, 5.74) is 1.56. The molecule has 0 saturated heterocycles. The average molecular weight is 470 g/mol. The van der Waals surface area contributed by atoms with E-state index in [-0.39, 0.29) is 18.2 Å². The Hall–Kier alpha value is -2.91. The van der Waals surface area contributed by atoms with E-state index in [0.29, 0.717) is 53.2 Å². The second-order valence-corrected chi connectivity index (χ2v) is 9.22. The lowest BCUT2D eigenvalue weighted by Crippen LogP contribution is -2.35. The number of benzene rings is 1. The van der Waals surface area contributed by atoms with Gasteiger partial charge in [0.15, 0.2) is 11.3 Å². The van der Waals surface area contributed by atoms with E-state index >= 15 is 0 Å². The molecule has 2 heterocycles. The largest absolute Gasteiger partial charge is 0.493 e. The Labute approximate surface area is 199 Å². The second kappa shape index (κ2) is 10.6. The second-order valence-electron chi connectivity index (χ2n) is 9.22. The number of hydrogen-bond donors (Lipinski definition) is 3. The van der Waals surface area contributed by atoms with Crippen molar-refractivity contribution in [3.8, 4) is 22.9 Å². The lowest BCUT2D eigenvalue weighted by Gasteiger charge is -2.16. The molecule has 1 fully saturated rings. The van der Waals surface area contributed by atoms with Crippen molar-refractivity contribution in [2.75, 3.05) is 19.8 Å². The van der Waals surface area contributed by atoms with Gasteiger partial charge < -0.3 is 24.9 Å². The van der Waals surface area contributed by atoms with Gasteiger partial charge in [-0.3, -0.25) is 4.79 Å².